The van der Waals surface area contributed by atoms with Crippen molar-refractivity contribution in [3.8, 4) is 6.07 Å². The van der Waals surface area contributed by atoms with E-state index in [9.17, 15) is 0 Å². The molecule has 0 unspecified atom stereocenters. The van der Waals surface area contributed by atoms with E-state index >= 15 is 0 Å². The zero-order chi connectivity index (χ0) is 11.9. The van der Waals surface area contributed by atoms with E-state index in [1.807, 2.05) is 36.4 Å². The summed E-state index contributed by atoms with van der Waals surface area (Å²) in [7, 11) is 0. The molecule has 17 heavy (non-hydrogen) atoms. The van der Waals surface area contributed by atoms with E-state index in [1.54, 1.807) is 0 Å². The second kappa shape index (κ2) is 6.18. The van der Waals surface area contributed by atoms with Gasteiger partial charge in [-0.1, -0.05) is 0 Å². The van der Waals surface area contributed by atoms with Crippen molar-refractivity contribution in [2.45, 2.75) is 5.21 Å². The summed E-state index contributed by atoms with van der Waals surface area (Å²) in [6, 6.07) is 23.0. The molecule has 2 aromatic carbocycles. The van der Waals surface area contributed by atoms with E-state index < -0.39 is 0 Å². The van der Waals surface area contributed by atoms with Crippen molar-refractivity contribution < 1.29 is 0 Å². The quantitative estimate of drug-likeness (QED) is 0.794. The fraction of sp³-hybridized carbons (Fsp3) is 0.0667. The monoisotopic (exact) mass is 281 g/mol. The Hall–Kier alpha value is -1.64. The van der Waals surface area contributed by atoms with Crippen LogP contribution in [0.5, 0.6) is 0 Å². The predicted molar refractivity (Wildman–Crippen MR) is 72.3 cm³/mol. The summed E-state index contributed by atoms with van der Waals surface area (Å²) in [5.41, 5.74) is 2.49. The Morgan fingerprint density at radius 3 is 1.76 bits per heavy atom. The SMILES string of the molecule is N#CC[As]=C(c1ccccc1)c1ccccc1. The van der Waals surface area contributed by atoms with Crippen molar-refractivity contribution in [1.29, 1.82) is 5.26 Å². The van der Waals surface area contributed by atoms with Gasteiger partial charge in [-0.05, 0) is 0 Å². The van der Waals surface area contributed by atoms with Gasteiger partial charge in [0.05, 0.1) is 0 Å². The van der Waals surface area contributed by atoms with Gasteiger partial charge in [-0.25, -0.2) is 0 Å². The first-order valence-electron chi connectivity index (χ1n) is 5.44. The molecule has 0 saturated heterocycles. The molecule has 0 aliphatic heterocycles. The Kier molecular flexibility index (Phi) is 4.30. The van der Waals surface area contributed by atoms with Crippen LogP contribution < -0.4 is 0 Å². The number of rotatable bonds is 3. The number of hydrogen-bond acceptors (Lipinski definition) is 1. The minimum absolute atomic E-state index is 0.0894. The van der Waals surface area contributed by atoms with Crippen molar-refractivity contribution in [2.75, 3.05) is 0 Å². The molecule has 2 aromatic rings. The summed E-state index contributed by atoms with van der Waals surface area (Å²) >= 11 is -0.0894. The molecule has 1 nitrogen and oxygen atoms in total. The van der Waals surface area contributed by atoms with Gasteiger partial charge in [-0.15, -0.1) is 0 Å². The van der Waals surface area contributed by atoms with Crippen molar-refractivity contribution in [1.82, 2.24) is 0 Å². The van der Waals surface area contributed by atoms with Crippen LogP contribution in [0.2, 0.25) is 5.21 Å². The molecule has 0 bridgehead atoms. The van der Waals surface area contributed by atoms with Crippen LogP contribution in [0.25, 0.3) is 0 Å². The second-order valence-electron chi connectivity index (χ2n) is 3.55. The van der Waals surface area contributed by atoms with E-state index in [1.165, 1.54) is 15.4 Å². The molecule has 0 aliphatic carbocycles. The van der Waals surface area contributed by atoms with Crippen LogP contribution in [-0.4, -0.2) is 19.6 Å². The zero-order valence-electron chi connectivity index (χ0n) is 9.38. The molecular formula is C15H12AsN. The maximum absolute atomic E-state index is 8.77. The van der Waals surface area contributed by atoms with E-state index in [4.69, 9.17) is 5.26 Å². The normalized spacial score (nSPS) is 9.82. The first kappa shape index (κ1) is 11.8. The summed E-state index contributed by atoms with van der Waals surface area (Å²) in [5.74, 6) is 0. The summed E-state index contributed by atoms with van der Waals surface area (Å²) in [6.07, 6.45) is 0. The summed E-state index contributed by atoms with van der Waals surface area (Å²) < 4.78 is 1.34. The average molecular weight is 281 g/mol. The van der Waals surface area contributed by atoms with Gasteiger partial charge in [0.15, 0.2) is 0 Å². The molecule has 2 rings (SSSR count). The first-order valence-corrected chi connectivity index (χ1v) is 7.70. The Balaban J connectivity index is 2.44. The van der Waals surface area contributed by atoms with Gasteiger partial charge in [-0.3, -0.25) is 0 Å². The molecule has 2 heteroatoms. The van der Waals surface area contributed by atoms with Crippen LogP contribution in [0, 0.1) is 11.3 Å². The molecule has 0 heterocycles. The number of benzene rings is 2. The van der Waals surface area contributed by atoms with Crippen molar-refractivity contribution in [3.63, 3.8) is 0 Å². The predicted octanol–water partition coefficient (Wildman–Crippen LogP) is 2.90. The van der Waals surface area contributed by atoms with E-state index in [0.29, 0.717) is 5.21 Å². The molecule has 82 valence electrons. The van der Waals surface area contributed by atoms with Crippen LogP contribution in [0.15, 0.2) is 60.7 Å². The molecule has 0 atom stereocenters. The van der Waals surface area contributed by atoms with Crippen molar-refractivity contribution in [3.05, 3.63) is 71.8 Å². The third-order valence-electron chi connectivity index (χ3n) is 2.40. The number of nitrogens with zero attached hydrogens (tertiary/aromatic N) is 1. The number of hydrogen-bond donors (Lipinski definition) is 0. The average Bonchev–Trinajstić information content (AvgIpc) is 2.42. The van der Waals surface area contributed by atoms with Crippen LogP contribution >= 0.6 is 0 Å². The summed E-state index contributed by atoms with van der Waals surface area (Å²) in [6.45, 7) is 0. The Morgan fingerprint density at radius 2 is 1.35 bits per heavy atom. The van der Waals surface area contributed by atoms with Gasteiger partial charge in [0.25, 0.3) is 0 Å². The van der Waals surface area contributed by atoms with Gasteiger partial charge in [0, 0.05) is 0 Å². The fourth-order valence-electron chi connectivity index (χ4n) is 1.66. The fourth-order valence-corrected chi connectivity index (χ4v) is 3.53. The zero-order valence-corrected chi connectivity index (χ0v) is 11.3. The third-order valence-corrected chi connectivity index (χ3v) is 4.78. The van der Waals surface area contributed by atoms with E-state index in [0.717, 1.165) is 0 Å². The summed E-state index contributed by atoms with van der Waals surface area (Å²) in [4.78, 5) is 0. The van der Waals surface area contributed by atoms with Gasteiger partial charge >= 0.3 is 108 Å². The standard InChI is InChI=1S/C15H12AsN/c17-12-11-16-15(13-7-3-1-4-8-13)14-9-5-2-6-10-14/h1-10H,11H2. The van der Waals surface area contributed by atoms with Crippen LogP contribution in [0.4, 0.5) is 0 Å². The first-order chi connectivity index (χ1) is 8.42. The van der Waals surface area contributed by atoms with Crippen molar-refractivity contribution in [2.24, 2.45) is 0 Å². The van der Waals surface area contributed by atoms with E-state index in [-0.39, 0.29) is 15.3 Å². The van der Waals surface area contributed by atoms with Gasteiger partial charge < -0.3 is 0 Å². The van der Waals surface area contributed by atoms with Crippen LogP contribution in [0.3, 0.4) is 0 Å². The molecule has 0 fully saturated rings. The molecular weight excluding hydrogens is 269 g/mol. The van der Waals surface area contributed by atoms with Gasteiger partial charge in [0.2, 0.25) is 0 Å². The van der Waals surface area contributed by atoms with E-state index in [2.05, 4.69) is 30.3 Å². The third kappa shape index (κ3) is 3.16. The van der Waals surface area contributed by atoms with Crippen LogP contribution in [0.1, 0.15) is 11.1 Å². The molecule has 0 N–H and O–H groups in total. The molecule has 0 aromatic heterocycles. The maximum atomic E-state index is 8.77. The van der Waals surface area contributed by atoms with Gasteiger partial charge in [0.1, 0.15) is 0 Å². The molecule has 0 saturated carbocycles. The Labute approximate surface area is 108 Å². The minimum atomic E-state index is -0.0894. The van der Waals surface area contributed by atoms with Crippen molar-refractivity contribution >= 4 is 19.6 Å². The molecule has 0 radical (unpaired) electrons. The second-order valence-corrected chi connectivity index (χ2v) is 5.82. The van der Waals surface area contributed by atoms with Crippen LogP contribution in [-0.2, 0) is 0 Å². The topological polar surface area (TPSA) is 23.8 Å². The number of nitriles is 1. The molecule has 0 aliphatic rings. The summed E-state index contributed by atoms with van der Waals surface area (Å²) in [5, 5.41) is 9.42. The Bertz CT molecular complexity index is 497. The Morgan fingerprint density at radius 1 is 0.882 bits per heavy atom. The molecule has 0 amide bonds. The van der Waals surface area contributed by atoms with Gasteiger partial charge in [-0.2, -0.15) is 0 Å². The molecule has 0 spiro atoms.